The molecule has 2 unspecified atom stereocenters. The van der Waals surface area contributed by atoms with Crippen LogP contribution in [0.3, 0.4) is 0 Å². The molecule has 2 saturated heterocycles. The smallest absolute Gasteiger partial charge is 0.382 e. The van der Waals surface area contributed by atoms with Gasteiger partial charge in [0, 0.05) is 82.0 Å². The summed E-state index contributed by atoms with van der Waals surface area (Å²) in [6.07, 6.45) is -0.767. The summed E-state index contributed by atoms with van der Waals surface area (Å²) in [5.41, 5.74) is -2.33. The molecule has 3 N–H and O–H groups in total. The van der Waals surface area contributed by atoms with Crippen molar-refractivity contribution in [3.63, 3.8) is 0 Å². The van der Waals surface area contributed by atoms with Crippen LogP contribution in [0, 0.1) is 35.0 Å². The highest BCUT2D eigenvalue weighted by Gasteiger charge is 2.60. The van der Waals surface area contributed by atoms with E-state index in [4.69, 9.17) is 9.47 Å². The van der Waals surface area contributed by atoms with Crippen molar-refractivity contribution in [1.82, 2.24) is 60.0 Å². The zero-order valence-corrected chi connectivity index (χ0v) is 67.4. The van der Waals surface area contributed by atoms with Gasteiger partial charge in [0.2, 0.25) is 70.9 Å². The monoisotopic (exact) mass is 1560 g/mol. The van der Waals surface area contributed by atoms with Gasteiger partial charge in [-0.1, -0.05) is 118 Å². The van der Waals surface area contributed by atoms with E-state index in [-0.39, 0.29) is 70.2 Å². The lowest BCUT2D eigenvalue weighted by atomic mass is 9.58. The fraction of sp³-hybridized carbons (Fsp3) is 0.823. The summed E-state index contributed by atoms with van der Waals surface area (Å²) in [5.74, 6) is -13.8. The molecule has 0 aromatic heterocycles. The van der Waals surface area contributed by atoms with Gasteiger partial charge in [0.1, 0.15) is 78.7 Å². The average Bonchev–Trinajstić information content (AvgIpc) is 0.842. The fourth-order valence-corrected chi connectivity index (χ4v) is 18.4. The summed E-state index contributed by atoms with van der Waals surface area (Å²) in [4.78, 5) is 195. The summed E-state index contributed by atoms with van der Waals surface area (Å²) < 4.78 is 85.6. The zero-order valence-electron chi connectivity index (χ0n) is 67.4. The molecule has 110 heavy (non-hydrogen) atoms. The van der Waals surface area contributed by atoms with E-state index in [0.29, 0.717) is 51.4 Å². The van der Waals surface area contributed by atoms with Gasteiger partial charge in [-0.3, -0.25) is 57.5 Å². The van der Waals surface area contributed by atoms with Crippen molar-refractivity contribution in [3.05, 3.63) is 12.2 Å². The third-order valence-electron chi connectivity index (χ3n) is 25.1. The molecule has 12 amide bonds. The van der Waals surface area contributed by atoms with E-state index in [1.54, 1.807) is 13.0 Å². The number of carbonyl (C=O) groups is 12. The number of alkyl halides is 5. The number of halogens is 5. The van der Waals surface area contributed by atoms with E-state index in [2.05, 4.69) is 16.0 Å². The molecule has 5 aliphatic carbocycles. The minimum atomic E-state index is -5.18. The Hall–Kier alpha value is -7.05. The van der Waals surface area contributed by atoms with E-state index in [9.17, 15) is 37.1 Å². The van der Waals surface area contributed by atoms with Crippen LogP contribution in [0.25, 0.3) is 0 Å². The van der Waals surface area contributed by atoms with Gasteiger partial charge < -0.3 is 69.5 Å². The summed E-state index contributed by atoms with van der Waals surface area (Å²) >= 11 is 0. The van der Waals surface area contributed by atoms with E-state index >= 15 is 42.3 Å². The van der Waals surface area contributed by atoms with Gasteiger partial charge in [0.25, 0.3) is 0 Å². The van der Waals surface area contributed by atoms with E-state index in [1.165, 1.54) is 85.8 Å². The number of amides is 12. The normalized spacial score (nSPS) is 31.5. The van der Waals surface area contributed by atoms with Crippen molar-refractivity contribution in [2.75, 3.05) is 89.2 Å². The maximum Gasteiger partial charge on any atom is 0.397 e. The number of nitrogens with zero attached hydrogens (tertiary/aromatic N) is 9. The second kappa shape index (κ2) is 38.2. The average molecular weight is 1560 g/mol. The van der Waals surface area contributed by atoms with E-state index in [1.807, 2.05) is 40.7 Å². The highest BCUT2D eigenvalue weighted by atomic mass is 19.4. The minimum absolute atomic E-state index is 0.0181. The number of hydrogen-bond donors (Lipinski definition) is 3. The standard InChI is InChI=1S/C79H125F5N12O14/c1-15-47(4)66-74(106)95(51-32-33-51)43-64(99)90(10)57-30-22-19-25-35-94(73(57)105)60(38-48-26-20-18-21-27-48)72(104)89(9)42-62(97)85-56(34-31-49-36-54(80)65(55(81)37-49)79(82,83)84)70(102)96-41-53(110-52-28-23-24-29-52)39-58(96)69(101)87-78(45-77(5,6)46-78)76(108)93(13)67(50(16-2)17-3)75(107)92(12)59(71(103)88(7)8)40-63(98)91(11)61(44-109-14)68(100)86-66/h19,22,47-61,65-67H,15-18,20-21,23-46H2,1-14H3,(H,85,97)(H,86,100)(H,87,101)/b22-19-/t47-,49?,53+,54?,55?,56-,57-,58-,59-,60-,61-,65?,66-,67-/m0/s1. The van der Waals surface area contributed by atoms with Crippen LogP contribution in [0.1, 0.15) is 202 Å². The molecule has 2 bridgehead atoms. The van der Waals surface area contributed by atoms with Crippen molar-refractivity contribution < 1.29 is 89.0 Å². The van der Waals surface area contributed by atoms with Crippen LogP contribution >= 0.6 is 0 Å². The van der Waals surface area contributed by atoms with Crippen molar-refractivity contribution in [1.29, 1.82) is 0 Å². The number of carbonyl (C=O) groups excluding carboxylic acids is 12. The highest BCUT2D eigenvalue weighted by molar-refractivity contribution is 6.01. The van der Waals surface area contributed by atoms with Crippen LogP contribution in [-0.2, 0) is 67.0 Å². The highest BCUT2D eigenvalue weighted by Crippen LogP contribution is 2.50. The fourth-order valence-electron chi connectivity index (χ4n) is 18.4. The van der Waals surface area contributed by atoms with E-state index in [0.717, 1.165) is 59.6 Å². The first kappa shape index (κ1) is 88.5. The van der Waals surface area contributed by atoms with Crippen LogP contribution in [0.2, 0.25) is 0 Å². The summed E-state index contributed by atoms with van der Waals surface area (Å²) in [6, 6.07) is -11.4. The zero-order chi connectivity index (χ0) is 81.2. The molecular weight excluding hydrogens is 1440 g/mol. The Kier molecular flexibility index (Phi) is 30.7. The molecule has 31 heteroatoms. The Balaban J connectivity index is 1.23. The first-order valence-electron chi connectivity index (χ1n) is 40.3. The van der Waals surface area contributed by atoms with Crippen LogP contribution in [0.15, 0.2) is 12.2 Å². The van der Waals surface area contributed by atoms with Crippen LogP contribution in [0.4, 0.5) is 22.0 Å². The second-order valence-electron chi connectivity index (χ2n) is 34.0. The number of likely N-dealkylation sites (N-methyl/N-ethyl adjacent to an activating group) is 6. The van der Waals surface area contributed by atoms with Gasteiger partial charge in [-0.25, -0.2) is 8.78 Å². The Labute approximate surface area is 646 Å². The van der Waals surface area contributed by atoms with Crippen molar-refractivity contribution in [3.8, 4) is 0 Å². The van der Waals surface area contributed by atoms with Crippen LogP contribution < -0.4 is 16.0 Å². The second-order valence-corrected chi connectivity index (χ2v) is 34.0. The van der Waals surface area contributed by atoms with Crippen LogP contribution in [0.5, 0.6) is 0 Å². The van der Waals surface area contributed by atoms with Gasteiger partial charge in [-0.05, 0) is 113 Å². The summed E-state index contributed by atoms with van der Waals surface area (Å²) in [5, 5.41) is 8.71. The lowest BCUT2D eigenvalue weighted by Crippen LogP contribution is -2.71. The number of rotatable bonds is 16. The Morgan fingerprint density at radius 2 is 1.27 bits per heavy atom. The quantitative estimate of drug-likeness (QED) is 0.110. The lowest BCUT2D eigenvalue weighted by Gasteiger charge is -2.54. The third kappa shape index (κ3) is 21.2. The van der Waals surface area contributed by atoms with E-state index < -0.39 is 223 Å². The first-order chi connectivity index (χ1) is 51.8. The molecule has 620 valence electrons. The molecule has 3 heterocycles. The number of ether oxygens (including phenoxy) is 2. The topological polar surface area (TPSA) is 289 Å². The molecule has 1 spiro atoms. The number of fused-ring (bicyclic) bond motifs is 3. The number of nitrogens with one attached hydrogen (secondary N) is 3. The Morgan fingerprint density at radius 3 is 1.85 bits per heavy atom. The van der Waals surface area contributed by atoms with Gasteiger partial charge in [0.05, 0.1) is 31.8 Å². The molecule has 0 aromatic rings. The predicted molar refractivity (Wildman–Crippen MR) is 399 cm³/mol. The molecule has 7 fully saturated rings. The first-order valence-corrected chi connectivity index (χ1v) is 40.3. The SMILES string of the molecule is CCC(CC)[C@H]1C(=O)N(C)[C@H](C(=O)N(C)C)CC(=O)N(C)[C@@H](COC)C(=O)N[C@@H]([C@@H](C)CC)C(=O)N(C2CC2)CC(=O)N(C)[C@H]2C/C=C\CCN(C2=O)[C@@H](CC2CCCCC2)C(=O)N(C)CC(=O)N[C@@H](CCC2CC(F)C(C(F)(F)F)C(F)C2)C(=O)N2C[C@H](OC3CCCC3)C[C@H]2C(=O)NC2(CC(C)(C)C2)C(=O)N1C. The molecule has 8 aliphatic rings. The van der Waals surface area contributed by atoms with Gasteiger partial charge in [0.15, 0.2) is 0 Å². The molecule has 0 aromatic carbocycles. The number of methoxy groups -OCH3 is 1. The Bertz CT molecular complexity index is 3290. The Morgan fingerprint density at radius 1 is 0.645 bits per heavy atom. The van der Waals surface area contributed by atoms with Gasteiger partial charge in [-0.2, -0.15) is 13.2 Å². The molecular formula is C79H125F5N12O14. The lowest BCUT2D eigenvalue weighted by molar-refractivity contribution is -0.219. The maximum atomic E-state index is 15.9. The number of hydrogen-bond acceptors (Lipinski definition) is 14. The maximum absolute atomic E-state index is 15.9. The third-order valence-corrected chi connectivity index (χ3v) is 25.1. The molecule has 12 atom stereocenters. The van der Waals surface area contributed by atoms with Crippen molar-refractivity contribution in [2.24, 2.45) is 35.0 Å². The molecule has 26 nitrogen and oxygen atoms in total. The van der Waals surface area contributed by atoms with Gasteiger partial charge >= 0.3 is 6.18 Å². The minimum Gasteiger partial charge on any atom is -0.382 e. The summed E-state index contributed by atoms with van der Waals surface area (Å²) in [6.45, 7) is 9.21. The van der Waals surface area contributed by atoms with Crippen molar-refractivity contribution in [2.45, 2.75) is 293 Å². The van der Waals surface area contributed by atoms with Gasteiger partial charge in [-0.15, -0.1) is 0 Å². The van der Waals surface area contributed by atoms with Crippen LogP contribution in [-0.4, -0.2) is 295 Å². The largest absolute Gasteiger partial charge is 0.397 e. The van der Waals surface area contributed by atoms with Crippen molar-refractivity contribution >= 4 is 70.9 Å². The molecule has 8 rings (SSSR count). The predicted octanol–water partition coefficient (Wildman–Crippen LogP) is 6.50. The molecule has 3 aliphatic heterocycles. The molecule has 5 saturated carbocycles. The molecule has 0 radical (unpaired) electrons. The summed E-state index contributed by atoms with van der Waals surface area (Å²) in [7, 11) is 11.1.